The third kappa shape index (κ3) is 2.10. The Morgan fingerprint density at radius 3 is 2.79 bits per heavy atom. The topological polar surface area (TPSA) is 20.2 Å². The van der Waals surface area contributed by atoms with Crippen LogP contribution < -0.4 is 0 Å². The summed E-state index contributed by atoms with van der Waals surface area (Å²) < 4.78 is 13.2. The van der Waals surface area contributed by atoms with Crippen LogP contribution in [0, 0.1) is 17.8 Å². The van der Waals surface area contributed by atoms with Gasteiger partial charge in [-0.3, -0.25) is 0 Å². The molecule has 1 N–H and O–H groups in total. The number of hydrogen-bond acceptors (Lipinski definition) is 1. The molecule has 2 aliphatic rings. The van der Waals surface area contributed by atoms with Crippen molar-refractivity contribution in [2.24, 2.45) is 17.8 Å². The van der Waals surface area contributed by atoms with Crippen molar-refractivity contribution in [1.82, 2.24) is 0 Å². The number of halogens is 1. The maximum absolute atomic E-state index is 13.2. The van der Waals surface area contributed by atoms with Gasteiger partial charge in [0, 0.05) is 6.61 Å². The third-order valence-corrected chi connectivity index (χ3v) is 4.23. The molecule has 0 spiro atoms. The quantitative estimate of drug-likeness (QED) is 0.726. The van der Waals surface area contributed by atoms with Crippen LogP contribution >= 0.6 is 0 Å². The molecule has 82 valence electrons. The van der Waals surface area contributed by atoms with E-state index in [0.717, 1.165) is 31.6 Å². The molecule has 1 nitrogen and oxygen atoms in total. The van der Waals surface area contributed by atoms with Crippen LogP contribution in [-0.4, -0.2) is 17.9 Å². The number of aliphatic hydroxyl groups excluding tert-OH is 1. The summed E-state index contributed by atoms with van der Waals surface area (Å²) in [6, 6.07) is 0. The average Bonchev–Trinajstić information content (AvgIpc) is 2.18. The molecule has 0 saturated heterocycles. The van der Waals surface area contributed by atoms with Crippen molar-refractivity contribution in [1.29, 1.82) is 0 Å². The van der Waals surface area contributed by atoms with Crippen LogP contribution in [0.25, 0.3) is 0 Å². The van der Waals surface area contributed by atoms with Crippen molar-refractivity contribution in [2.75, 3.05) is 6.61 Å². The van der Waals surface area contributed by atoms with Gasteiger partial charge in [-0.25, -0.2) is 4.39 Å². The Labute approximate surface area is 85.7 Å². The van der Waals surface area contributed by atoms with Gasteiger partial charge in [0.2, 0.25) is 0 Å². The molecular formula is C12H21FO. The Bertz CT molecular complexity index is 174. The molecule has 14 heavy (non-hydrogen) atoms. The summed E-state index contributed by atoms with van der Waals surface area (Å²) in [5, 5.41) is 8.99. The van der Waals surface area contributed by atoms with Crippen molar-refractivity contribution in [3.05, 3.63) is 0 Å². The fourth-order valence-corrected chi connectivity index (χ4v) is 3.56. The molecule has 2 heteroatoms. The van der Waals surface area contributed by atoms with Crippen LogP contribution in [0.1, 0.15) is 44.9 Å². The van der Waals surface area contributed by atoms with Crippen LogP contribution in [0.5, 0.6) is 0 Å². The van der Waals surface area contributed by atoms with E-state index in [-0.39, 0.29) is 0 Å². The van der Waals surface area contributed by atoms with Crippen molar-refractivity contribution < 1.29 is 9.50 Å². The summed E-state index contributed by atoms with van der Waals surface area (Å²) in [6.07, 6.45) is 6.78. The zero-order valence-electron chi connectivity index (χ0n) is 8.79. The second-order valence-electron chi connectivity index (χ2n) is 5.04. The molecule has 0 aliphatic heterocycles. The monoisotopic (exact) mass is 200 g/mol. The van der Waals surface area contributed by atoms with Crippen molar-refractivity contribution in [3.8, 4) is 0 Å². The molecule has 0 radical (unpaired) electrons. The van der Waals surface area contributed by atoms with E-state index in [1.807, 2.05) is 0 Å². The van der Waals surface area contributed by atoms with Crippen molar-refractivity contribution in [3.63, 3.8) is 0 Å². The SMILES string of the molecule is OCCC1CCCC2CC(F)CCC12. The van der Waals surface area contributed by atoms with E-state index in [0.29, 0.717) is 18.4 Å². The molecule has 2 rings (SSSR count). The summed E-state index contributed by atoms with van der Waals surface area (Å²) in [7, 11) is 0. The molecular weight excluding hydrogens is 179 g/mol. The van der Waals surface area contributed by atoms with E-state index in [2.05, 4.69) is 0 Å². The Morgan fingerprint density at radius 1 is 1.14 bits per heavy atom. The lowest BCUT2D eigenvalue weighted by atomic mass is 9.64. The normalized spacial score (nSPS) is 43.3. The predicted molar refractivity (Wildman–Crippen MR) is 54.8 cm³/mol. The van der Waals surface area contributed by atoms with Crippen LogP contribution in [0.15, 0.2) is 0 Å². The van der Waals surface area contributed by atoms with Crippen molar-refractivity contribution in [2.45, 2.75) is 51.1 Å². The lowest BCUT2D eigenvalue weighted by molar-refractivity contribution is 0.0485. The highest BCUT2D eigenvalue weighted by Crippen LogP contribution is 2.45. The third-order valence-electron chi connectivity index (χ3n) is 4.23. The first kappa shape index (κ1) is 10.4. The first-order valence-electron chi connectivity index (χ1n) is 6.06. The van der Waals surface area contributed by atoms with Gasteiger partial charge < -0.3 is 5.11 Å². The molecule has 0 bridgehead atoms. The maximum atomic E-state index is 13.2. The van der Waals surface area contributed by atoms with E-state index < -0.39 is 6.17 Å². The smallest absolute Gasteiger partial charge is 0.100 e. The van der Waals surface area contributed by atoms with Gasteiger partial charge in [0.15, 0.2) is 0 Å². The Balaban J connectivity index is 1.95. The molecule has 2 aliphatic carbocycles. The minimum absolute atomic E-state index is 0.312. The molecule has 4 unspecified atom stereocenters. The number of alkyl halides is 1. The second kappa shape index (κ2) is 4.61. The average molecular weight is 200 g/mol. The van der Waals surface area contributed by atoms with E-state index >= 15 is 0 Å². The Kier molecular flexibility index (Phi) is 3.42. The van der Waals surface area contributed by atoms with Crippen LogP contribution in [0.4, 0.5) is 4.39 Å². The zero-order chi connectivity index (χ0) is 9.97. The molecule has 0 aromatic rings. The molecule has 2 fully saturated rings. The fourth-order valence-electron chi connectivity index (χ4n) is 3.56. The lowest BCUT2D eigenvalue weighted by Crippen LogP contribution is -2.34. The minimum Gasteiger partial charge on any atom is -0.396 e. The van der Waals surface area contributed by atoms with Crippen LogP contribution in [-0.2, 0) is 0 Å². The van der Waals surface area contributed by atoms with Gasteiger partial charge >= 0.3 is 0 Å². The highest BCUT2D eigenvalue weighted by atomic mass is 19.1. The molecule has 0 aromatic heterocycles. The van der Waals surface area contributed by atoms with Gasteiger partial charge in [-0.1, -0.05) is 19.3 Å². The van der Waals surface area contributed by atoms with Gasteiger partial charge in [-0.2, -0.15) is 0 Å². The summed E-state index contributed by atoms with van der Waals surface area (Å²) >= 11 is 0. The maximum Gasteiger partial charge on any atom is 0.100 e. The molecule has 2 saturated carbocycles. The molecule has 0 heterocycles. The largest absolute Gasteiger partial charge is 0.396 e. The van der Waals surface area contributed by atoms with E-state index in [4.69, 9.17) is 5.11 Å². The Morgan fingerprint density at radius 2 is 2.00 bits per heavy atom. The fraction of sp³-hybridized carbons (Fsp3) is 1.00. The first-order valence-corrected chi connectivity index (χ1v) is 6.06. The standard InChI is InChI=1S/C12H21FO/c13-11-4-5-12-9(6-7-14)2-1-3-10(12)8-11/h9-12,14H,1-8H2. The van der Waals surface area contributed by atoms with Gasteiger partial charge in [0.1, 0.15) is 6.17 Å². The summed E-state index contributed by atoms with van der Waals surface area (Å²) in [6.45, 7) is 0.312. The molecule has 0 amide bonds. The van der Waals surface area contributed by atoms with Crippen LogP contribution in [0.2, 0.25) is 0 Å². The van der Waals surface area contributed by atoms with Gasteiger partial charge in [0.05, 0.1) is 0 Å². The highest BCUT2D eigenvalue weighted by molar-refractivity contribution is 4.87. The van der Waals surface area contributed by atoms with Crippen LogP contribution in [0.3, 0.4) is 0 Å². The lowest BCUT2D eigenvalue weighted by Gasteiger charge is -2.42. The predicted octanol–water partition coefficient (Wildman–Crippen LogP) is 2.92. The Hall–Kier alpha value is -0.110. The summed E-state index contributed by atoms with van der Waals surface area (Å²) in [4.78, 5) is 0. The second-order valence-corrected chi connectivity index (χ2v) is 5.04. The van der Waals surface area contributed by atoms with Gasteiger partial charge in [-0.05, 0) is 43.4 Å². The zero-order valence-corrected chi connectivity index (χ0v) is 8.79. The van der Waals surface area contributed by atoms with Crippen molar-refractivity contribution >= 4 is 0 Å². The highest BCUT2D eigenvalue weighted by Gasteiger charge is 2.37. The van der Waals surface area contributed by atoms with E-state index in [1.54, 1.807) is 0 Å². The molecule has 4 atom stereocenters. The van der Waals surface area contributed by atoms with Gasteiger partial charge in [-0.15, -0.1) is 0 Å². The summed E-state index contributed by atoms with van der Waals surface area (Å²) in [5.41, 5.74) is 0. The number of fused-ring (bicyclic) bond motifs is 1. The molecule has 0 aromatic carbocycles. The van der Waals surface area contributed by atoms with E-state index in [1.165, 1.54) is 19.3 Å². The number of hydrogen-bond donors (Lipinski definition) is 1. The first-order chi connectivity index (χ1) is 6.81. The summed E-state index contributed by atoms with van der Waals surface area (Å²) in [5.74, 6) is 2.04. The number of rotatable bonds is 2. The van der Waals surface area contributed by atoms with E-state index in [9.17, 15) is 4.39 Å². The minimum atomic E-state index is -0.538. The number of aliphatic hydroxyl groups is 1. The van der Waals surface area contributed by atoms with Gasteiger partial charge in [0.25, 0.3) is 0 Å².